The molecule has 0 spiro atoms. The van der Waals surface area contributed by atoms with E-state index in [4.69, 9.17) is 0 Å². The summed E-state index contributed by atoms with van der Waals surface area (Å²) in [5.41, 5.74) is -0.945. The summed E-state index contributed by atoms with van der Waals surface area (Å²) in [7, 11) is -4.54. The summed E-state index contributed by atoms with van der Waals surface area (Å²) in [5, 5.41) is 34.3. The van der Waals surface area contributed by atoms with Crippen molar-refractivity contribution >= 4 is 10.1 Å². The smallest absolute Gasteiger partial charge is 0.294 e. The Kier molecular flexibility index (Phi) is 7.02. The normalized spacial score (nSPS) is 56.6. The number of rotatable bonds is 4. The molecule has 7 heteroatoms. The number of fused-ring (bicyclic) bond motifs is 5. The maximum atomic E-state index is 13.9. The molecular formula is C39H60O6S. The Hall–Kier alpha value is -0.730. The highest BCUT2D eigenvalue weighted by molar-refractivity contribution is 7.90. The van der Waals surface area contributed by atoms with Crippen LogP contribution in [0.1, 0.15) is 137 Å². The zero-order valence-electron chi connectivity index (χ0n) is 29.0. The molecule has 7 saturated carbocycles. The summed E-state index contributed by atoms with van der Waals surface area (Å²) in [4.78, 5) is 0.229. The molecule has 8 aliphatic rings. The summed E-state index contributed by atoms with van der Waals surface area (Å²) < 4.78 is 39.1. The van der Waals surface area contributed by atoms with E-state index in [0.29, 0.717) is 47.8 Å². The van der Waals surface area contributed by atoms with Crippen molar-refractivity contribution in [3.05, 3.63) is 22.1 Å². The van der Waals surface area contributed by atoms with E-state index in [-0.39, 0.29) is 21.7 Å². The molecule has 4 N–H and O–H groups in total. The Balaban J connectivity index is 1.28. The van der Waals surface area contributed by atoms with E-state index in [1.54, 1.807) is 0 Å². The third-order valence-corrected chi connectivity index (χ3v) is 16.5. The van der Waals surface area contributed by atoms with Crippen molar-refractivity contribution in [2.75, 3.05) is 0 Å². The predicted octanol–water partition coefficient (Wildman–Crippen LogP) is 7.59. The molecule has 0 aromatic heterocycles. The fourth-order valence-corrected chi connectivity index (χ4v) is 16.5. The number of allylic oxidation sites excluding steroid dienone is 3. The lowest BCUT2D eigenvalue weighted by Gasteiger charge is -2.59. The summed E-state index contributed by atoms with van der Waals surface area (Å²) >= 11 is 0. The van der Waals surface area contributed by atoms with Crippen LogP contribution < -0.4 is 0 Å². The van der Waals surface area contributed by atoms with Gasteiger partial charge in [-0.25, -0.2) is 0 Å². The van der Waals surface area contributed by atoms with Crippen molar-refractivity contribution < 1.29 is 28.3 Å². The van der Waals surface area contributed by atoms with Crippen LogP contribution in [-0.4, -0.2) is 45.1 Å². The Morgan fingerprint density at radius 1 is 0.717 bits per heavy atom. The zero-order chi connectivity index (χ0) is 32.9. The largest absolute Gasteiger partial charge is 0.390 e. The van der Waals surface area contributed by atoms with Gasteiger partial charge in [0.1, 0.15) is 0 Å². The molecule has 0 heterocycles. The number of hydrogen-bond acceptors (Lipinski definition) is 5. The molecule has 8 aliphatic carbocycles. The SMILES string of the molecule is CC1CC2(O)CC(C)CC(C3C=C(C4(C)CC5CC(CC(C)(O)C5)C4)C(S(=O)(=O)O)=C(C4(C)CC5CC6C(C4)CC6(O)C5)C3)(C1)C2. The van der Waals surface area contributed by atoms with Gasteiger partial charge in [0.05, 0.1) is 21.7 Å². The lowest BCUT2D eigenvalue weighted by atomic mass is 9.48. The average molecular weight is 657 g/mol. The molecule has 10 unspecified atom stereocenters. The molecule has 46 heavy (non-hydrogen) atoms. The van der Waals surface area contributed by atoms with Crippen LogP contribution in [0.4, 0.5) is 0 Å². The van der Waals surface area contributed by atoms with E-state index in [1.807, 2.05) is 6.92 Å². The van der Waals surface area contributed by atoms with Crippen LogP contribution in [0, 0.1) is 63.6 Å². The van der Waals surface area contributed by atoms with Gasteiger partial charge in [0, 0.05) is 0 Å². The van der Waals surface area contributed by atoms with Gasteiger partial charge in [-0.3, -0.25) is 4.55 Å². The molecule has 8 rings (SSSR count). The van der Waals surface area contributed by atoms with Crippen molar-refractivity contribution in [1.82, 2.24) is 0 Å². The molecule has 6 nitrogen and oxygen atoms in total. The fourth-order valence-electron chi connectivity index (χ4n) is 15.3. The summed E-state index contributed by atoms with van der Waals surface area (Å²) in [5.74, 6) is 2.65. The van der Waals surface area contributed by atoms with Gasteiger partial charge in [0.25, 0.3) is 10.1 Å². The van der Waals surface area contributed by atoms with Crippen molar-refractivity contribution in [2.45, 2.75) is 154 Å². The predicted molar refractivity (Wildman–Crippen MR) is 179 cm³/mol. The van der Waals surface area contributed by atoms with Gasteiger partial charge in [-0.15, -0.1) is 0 Å². The number of hydrogen-bond donors (Lipinski definition) is 4. The highest BCUT2D eigenvalue weighted by Crippen LogP contribution is 2.69. The summed E-state index contributed by atoms with van der Waals surface area (Å²) in [6.07, 6.45) is 16.1. The topological polar surface area (TPSA) is 115 Å². The third-order valence-electron chi connectivity index (χ3n) is 15.5. The molecule has 7 fully saturated rings. The average Bonchev–Trinajstić information content (AvgIpc) is 3.03. The second-order valence-corrected chi connectivity index (χ2v) is 21.6. The van der Waals surface area contributed by atoms with Crippen LogP contribution >= 0.6 is 0 Å². The van der Waals surface area contributed by atoms with Crippen molar-refractivity contribution in [3.63, 3.8) is 0 Å². The maximum Gasteiger partial charge on any atom is 0.294 e. The fraction of sp³-hybridized carbons (Fsp3) is 0.897. The first-order valence-electron chi connectivity index (χ1n) is 18.8. The standard InChI is InChI=1S/C39H60O6S/c1-23-10-37(11-24(2)13-38(41,12-23)22-37)29-8-31(34(3)14-25-6-26(15-34)18-36(5,40)17-25)33(46(43,44)45)32(9-29)35(4)16-27-7-30-28(20-35)21-39(30,42)19-27/h8,23-30,40-42H,6-7,9-22H2,1-5H3,(H,43,44,45). The minimum atomic E-state index is -4.54. The summed E-state index contributed by atoms with van der Waals surface area (Å²) in [6.45, 7) is 11.1. The third kappa shape index (κ3) is 5.09. The van der Waals surface area contributed by atoms with Gasteiger partial charge >= 0.3 is 0 Å². The second-order valence-electron chi connectivity index (χ2n) is 20.3. The molecule has 6 bridgehead atoms. The molecule has 0 aromatic rings. The van der Waals surface area contributed by atoms with E-state index < -0.39 is 32.3 Å². The van der Waals surface area contributed by atoms with Gasteiger partial charge in [-0.1, -0.05) is 33.8 Å². The Morgan fingerprint density at radius 3 is 1.91 bits per heavy atom. The van der Waals surface area contributed by atoms with E-state index in [0.717, 1.165) is 107 Å². The number of aliphatic hydroxyl groups is 3. The van der Waals surface area contributed by atoms with Gasteiger partial charge in [0.15, 0.2) is 0 Å². The van der Waals surface area contributed by atoms with Crippen LogP contribution in [0.2, 0.25) is 0 Å². The Bertz CT molecular complexity index is 1440. The van der Waals surface area contributed by atoms with Gasteiger partial charge in [-0.05, 0) is 184 Å². The highest BCUT2D eigenvalue weighted by Gasteiger charge is 2.64. The van der Waals surface area contributed by atoms with Gasteiger partial charge in [-0.2, -0.15) is 8.42 Å². The molecule has 0 amide bonds. The van der Waals surface area contributed by atoms with Crippen molar-refractivity contribution in [2.24, 2.45) is 63.6 Å². The minimum Gasteiger partial charge on any atom is -0.390 e. The first-order valence-corrected chi connectivity index (χ1v) is 20.3. The lowest BCUT2D eigenvalue weighted by molar-refractivity contribution is -0.136. The van der Waals surface area contributed by atoms with E-state index in [1.165, 1.54) is 0 Å². The van der Waals surface area contributed by atoms with Gasteiger partial charge in [0.2, 0.25) is 0 Å². The molecule has 0 aliphatic heterocycles. The van der Waals surface area contributed by atoms with E-state index in [2.05, 4.69) is 33.8 Å². The highest BCUT2D eigenvalue weighted by atomic mass is 32.2. The van der Waals surface area contributed by atoms with Crippen molar-refractivity contribution in [1.29, 1.82) is 0 Å². The first-order chi connectivity index (χ1) is 21.2. The molecule has 0 saturated heterocycles. The molecule has 258 valence electrons. The first kappa shape index (κ1) is 32.5. The molecule has 10 atom stereocenters. The van der Waals surface area contributed by atoms with Crippen LogP contribution in [0.5, 0.6) is 0 Å². The van der Waals surface area contributed by atoms with E-state index in [9.17, 15) is 28.3 Å². The van der Waals surface area contributed by atoms with Crippen LogP contribution in [0.3, 0.4) is 0 Å². The molecular weight excluding hydrogens is 596 g/mol. The van der Waals surface area contributed by atoms with Crippen molar-refractivity contribution in [3.8, 4) is 0 Å². The zero-order valence-corrected chi connectivity index (χ0v) is 29.8. The maximum absolute atomic E-state index is 13.9. The lowest BCUT2D eigenvalue weighted by Crippen LogP contribution is -2.54. The van der Waals surface area contributed by atoms with Crippen LogP contribution in [0.15, 0.2) is 22.1 Å². The van der Waals surface area contributed by atoms with Crippen LogP contribution in [0.25, 0.3) is 0 Å². The Morgan fingerprint density at radius 2 is 1.30 bits per heavy atom. The molecule has 0 aromatic carbocycles. The van der Waals surface area contributed by atoms with Gasteiger partial charge < -0.3 is 15.3 Å². The Labute approximate surface area is 277 Å². The minimum absolute atomic E-state index is 0.104. The monoisotopic (exact) mass is 656 g/mol. The second kappa shape index (κ2) is 9.95. The van der Waals surface area contributed by atoms with E-state index >= 15 is 0 Å². The quantitative estimate of drug-likeness (QED) is 0.232. The summed E-state index contributed by atoms with van der Waals surface area (Å²) in [6, 6.07) is 0. The van der Waals surface area contributed by atoms with Crippen LogP contribution in [-0.2, 0) is 10.1 Å². The molecule has 0 radical (unpaired) electrons.